The van der Waals surface area contributed by atoms with Gasteiger partial charge in [0.2, 0.25) is 5.91 Å². The summed E-state index contributed by atoms with van der Waals surface area (Å²) in [4.78, 5) is 31.8. The van der Waals surface area contributed by atoms with Gasteiger partial charge in [0.15, 0.2) is 0 Å². The van der Waals surface area contributed by atoms with Gasteiger partial charge in [-0.3, -0.25) is 9.59 Å². The van der Waals surface area contributed by atoms with E-state index in [1.807, 2.05) is 37.1 Å². The second kappa shape index (κ2) is 9.58. The molecule has 2 amide bonds. The van der Waals surface area contributed by atoms with E-state index < -0.39 is 5.54 Å². The summed E-state index contributed by atoms with van der Waals surface area (Å²) in [6.07, 6.45) is 0.762. The molecule has 3 aromatic rings. The molecule has 4 rings (SSSR count). The van der Waals surface area contributed by atoms with Crippen molar-refractivity contribution in [1.82, 2.24) is 9.80 Å². The largest absolute Gasteiger partial charge is 0.497 e. The van der Waals surface area contributed by atoms with E-state index in [0.717, 1.165) is 17.5 Å². The number of rotatable bonds is 5. The molecule has 2 aromatic carbocycles. The van der Waals surface area contributed by atoms with Crippen molar-refractivity contribution in [3.05, 3.63) is 87.4 Å². The van der Waals surface area contributed by atoms with Gasteiger partial charge in [-0.25, -0.2) is 4.39 Å². The summed E-state index contributed by atoms with van der Waals surface area (Å²) in [5.74, 6) is 0.00182. The quantitative estimate of drug-likeness (QED) is 0.497. The zero-order valence-electron chi connectivity index (χ0n) is 19.9. The molecule has 0 radical (unpaired) electrons. The van der Waals surface area contributed by atoms with Gasteiger partial charge in [0.05, 0.1) is 13.2 Å². The van der Waals surface area contributed by atoms with Gasteiger partial charge in [-0.1, -0.05) is 12.1 Å². The van der Waals surface area contributed by atoms with Crippen LogP contribution >= 0.6 is 11.3 Å². The van der Waals surface area contributed by atoms with Gasteiger partial charge in [0, 0.05) is 22.5 Å². The molecule has 1 aliphatic rings. The summed E-state index contributed by atoms with van der Waals surface area (Å²) < 4.78 is 18.8. The van der Waals surface area contributed by atoms with Gasteiger partial charge in [-0.2, -0.15) is 0 Å². The van der Waals surface area contributed by atoms with Crippen molar-refractivity contribution in [2.45, 2.75) is 38.8 Å². The maximum absolute atomic E-state index is 13.7. The lowest BCUT2D eigenvalue weighted by atomic mass is 9.93. The molecule has 0 bridgehead atoms. The van der Waals surface area contributed by atoms with Crippen LogP contribution in [0, 0.1) is 5.82 Å². The van der Waals surface area contributed by atoms with Crippen molar-refractivity contribution >= 4 is 23.2 Å². The van der Waals surface area contributed by atoms with Gasteiger partial charge < -0.3 is 14.5 Å². The van der Waals surface area contributed by atoms with Crippen molar-refractivity contribution in [1.29, 1.82) is 0 Å². The Balaban J connectivity index is 1.63. The van der Waals surface area contributed by atoms with Crippen LogP contribution in [0.25, 0.3) is 0 Å². The summed E-state index contributed by atoms with van der Waals surface area (Å²) in [5, 5.41) is 2.03. The summed E-state index contributed by atoms with van der Waals surface area (Å²) in [5.41, 5.74) is 1.86. The average molecular weight is 481 g/mol. The molecular formula is C27H29FN2O3S. The van der Waals surface area contributed by atoms with Crippen molar-refractivity contribution in [3.8, 4) is 5.75 Å². The Hall–Kier alpha value is -3.19. The zero-order chi connectivity index (χ0) is 24.5. The van der Waals surface area contributed by atoms with Crippen LogP contribution in [0.2, 0.25) is 0 Å². The van der Waals surface area contributed by atoms with Gasteiger partial charge in [-0.15, -0.1) is 11.3 Å². The third-order valence-corrected chi connectivity index (χ3v) is 7.15. The molecular weight excluding hydrogens is 451 g/mol. The fourth-order valence-electron chi connectivity index (χ4n) is 4.32. The van der Waals surface area contributed by atoms with Crippen LogP contribution in [-0.4, -0.2) is 47.4 Å². The van der Waals surface area contributed by atoms with Gasteiger partial charge >= 0.3 is 0 Å². The third kappa shape index (κ3) is 4.85. The Morgan fingerprint density at radius 1 is 1.09 bits per heavy atom. The minimum absolute atomic E-state index is 0.0501. The maximum atomic E-state index is 13.7. The van der Waals surface area contributed by atoms with E-state index in [4.69, 9.17) is 4.74 Å². The molecule has 2 heterocycles. The van der Waals surface area contributed by atoms with Crippen LogP contribution in [0.15, 0.2) is 60.0 Å². The number of fused-ring (bicyclic) bond motifs is 1. The highest BCUT2D eigenvalue weighted by atomic mass is 32.1. The van der Waals surface area contributed by atoms with Crippen molar-refractivity contribution in [2.75, 3.05) is 20.2 Å². The second-order valence-electron chi connectivity index (χ2n) is 9.38. The number of nitrogens with zero attached hydrogens (tertiary/aromatic N) is 2. The van der Waals surface area contributed by atoms with Gasteiger partial charge in [0.1, 0.15) is 18.1 Å². The van der Waals surface area contributed by atoms with Crippen molar-refractivity contribution in [2.24, 2.45) is 0 Å². The Kier molecular flexibility index (Phi) is 6.75. The maximum Gasteiger partial charge on any atom is 0.254 e. The molecule has 0 N–H and O–H groups in total. The number of hydrogen-bond donors (Lipinski definition) is 0. The lowest BCUT2D eigenvalue weighted by Gasteiger charge is -2.40. The number of hydrogen-bond acceptors (Lipinski definition) is 4. The van der Waals surface area contributed by atoms with E-state index >= 15 is 0 Å². The first-order valence-electron chi connectivity index (χ1n) is 11.3. The van der Waals surface area contributed by atoms with E-state index in [9.17, 15) is 14.0 Å². The zero-order valence-corrected chi connectivity index (χ0v) is 20.7. The van der Waals surface area contributed by atoms with Crippen molar-refractivity contribution < 1.29 is 18.7 Å². The number of ether oxygens (including phenoxy) is 1. The van der Waals surface area contributed by atoms with Crippen LogP contribution in [-0.2, 0) is 11.2 Å². The predicted molar refractivity (Wildman–Crippen MR) is 132 cm³/mol. The minimum Gasteiger partial charge on any atom is -0.497 e. The number of thiophene rings is 1. The van der Waals surface area contributed by atoms with E-state index in [2.05, 4.69) is 0 Å². The lowest BCUT2D eigenvalue weighted by Crippen LogP contribution is -2.52. The highest BCUT2D eigenvalue weighted by Gasteiger charge is 2.36. The molecule has 34 heavy (non-hydrogen) atoms. The normalized spacial score (nSPS) is 15.6. The van der Waals surface area contributed by atoms with E-state index in [0.29, 0.717) is 17.9 Å². The van der Waals surface area contributed by atoms with Crippen molar-refractivity contribution in [3.63, 3.8) is 0 Å². The molecule has 1 aliphatic heterocycles. The molecule has 0 fully saturated rings. The molecule has 5 nitrogen and oxygen atoms in total. The highest BCUT2D eigenvalue weighted by molar-refractivity contribution is 7.10. The van der Waals surface area contributed by atoms with Crippen LogP contribution in [0.3, 0.4) is 0 Å². The summed E-state index contributed by atoms with van der Waals surface area (Å²) in [6, 6.07) is 15.0. The molecule has 1 unspecified atom stereocenters. The first-order chi connectivity index (χ1) is 16.2. The van der Waals surface area contributed by atoms with Crippen LogP contribution in [0.1, 0.15) is 53.2 Å². The fraction of sp³-hybridized carbons (Fsp3) is 0.333. The smallest absolute Gasteiger partial charge is 0.254 e. The Labute approximate surface area is 203 Å². The number of carbonyl (C=O) groups is 2. The van der Waals surface area contributed by atoms with Gasteiger partial charge in [0.25, 0.3) is 5.91 Å². The molecule has 178 valence electrons. The molecule has 0 aliphatic carbocycles. The predicted octanol–water partition coefficient (Wildman–Crippen LogP) is 5.31. The number of methoxy groups -OCH3 is 1. The highest BCUT2D eigenvalue weighted by Crippen LogP contribution is 2.38. The topological polar surface area (TPSA) is 49.9 Å². The summed E-state index contributed by atoms with van der Waals surface area (Å²) in [6.45, 7) is 6.26. The monoisotopic (exact) mass is 480 g/mol. The average Bonchev–Trinajstić information content (AvgIpc) is 3.30. The number of halogens is 1. The SMILES string of the molecule is COc1ccc(C(=O)N(CC(=O)N2CCc3sccc3C2c2ccc(F)cc2)C(C)(C)C)cc1. The first-order valence-corrected chi connectivity index (χ1v) is 12.1. The number of carbonyl (C=O) groups excluding carboxylic acids is 2. The summed E-state index contributed by atoms with van der Waals surface area (Å²) in [7, 11) is 1.58. The molecule has 7 heteroatoms. The molecule has 0 saturated carbocycles. The Bertz CT molecular complexity index is 1170. The number of amides is 2. The molecule has 1 aromatic heterocycles. The molecule has 0 saturated heterocycles. The van der Waals surface area contributed by atoms with E-state index in [1.54, 1.807) is 59.7 Å². The third-order valence-electron chi connectivity index (χ3n) is 6.16. The minimum atomic E-state index is -0.568. The molecule has 1 atom stereocenters. The van der Waals surface area contributed by atoms with Crippen LogP contribution in [0.5, 0.6) is 5.75 Å². The Morgan fingerprint density at radius 2 is 1.76 bits per heavy atom. The standard InChI is InChI=1S/C27H29FN2O3S/c1-27(2,3)30(26(32)19-7-11-21(33-4)12-8-19)17-24(31)29-15-13-23-22(14-16-34-23)25(29)18-5-9-20(28)10-6-18/h5-12,14,16,25H,13,15,17H2,1-4H3. The van der Waals surface area contributed by atoms with Crippen LogP contribution in [0.4, 0.5) is 4.39 Å². The van der Waals surface area contributed by atoms with Crippen LogP contribution < -0.4 is 4.74 Å². The van der Waals surface area contributed by atoms with Gasteiger partial charge in [-0.05, 0) is 86.2 Å². The van der Waals surface area contributed by atoms with E-state index in [1.165, 1.54) is 17.0 Å². The number of benzene rings is 2. The summed E-state index contributed by atoms with van der Waals surface area (Å²) >= 11 is 1.68. The molecule has 0 spiro atoms. The first kappa shape index (κ1) is 24.0. The Morgan fingerprint density at radius 3 is 2.38 bits per heavy atom. The van der Waals surface area contributed by atoms with E-state index in [-0.39, 0.29) is 30.2 Å². The second-order valence-corrected chi connectivity index (χ2v) is 10.4. The lowest BCUT2D eigenvalue weighted by molar-refractivity contribution is -0.135. The fourth-order valence-corrected chi connectivity index (χ4v) is 5.22.